The fourth-order valence-corrected chi connectivity index (χ4v) is 6.53. The molecule has 5 nitrogen and oxygen atoms in total. The topological polar surface area (TPSA) is 64.1 Å². The maximum Gasteiger partial charge on any atom is 0.125 e. The van der Waals surface area contributed by atoms with Crippen LogP contribution < -0.4 is 0 Å². The summed E-state index contributed by atoms with van der Waals surface area (Å²) >= 11 is 0. The zero-order valence-corrected chi connectivity index (χ0v) is 26.8. The van der Waals surface area contributed by atoms with Gasteiger partial charge in [0.2, 0.25) is 0 Å². The minimum atomic E-state index is 0. The third kappa shape index (κ3) is 4.67. The number of aryl methyl sites for hydroxylation is 2. The average Bonchev–Trinajstić information content (AvgIpc) is 3.70. The largest absolute Gasteiger partial charge is 0.507 e. The number of hydrogen-bond donors (Lipinski definition) is 1. The first-order valence-electron chi connectivity index (χ1n) is 15.1. The van der Waals surface area contributed by atoms with Crippen molar-refractivity contribution in [3.05, 3.63) is 145 Å². The van der Waals surface area contributed by atoms with Gasteiger partial charge in [-0.1, -0.05) is 78.2 Å². The van der Waals surface area contributed by atoms with Gasteiger partial charge in [-0.3, -0.25) is 4.98 Å². The molecule has 0 bridgehead atoms. The molecule has 0 aliphatic heterocycles. The van der Waals surface area contributed by atoms with Crippen LogP contribution >= 0.6 is 0 Å². The van der Waals surface area contributed by atoms with Crippen molar-refractivity contribution in [1.82, 2.24) is 14.5 Å². The number of aromatic hydroxyl groups is 1. The molecule has 9 rings (SSSR count). The molecule has 0 saturated heterocycles. The molecule has 0 saturated carbocycles. The van der Waals surface area contributed by atoms with Crippen LogP contribution in [0.5, 0.6) is 5.75 Å². The minimum Gasteiger partial charge on any atom is -0.507 e. The summed E-state index contributed by atoms with van der Waals surface area (Å²) in [4.78, 5) is 10.3. The predicted molar refractivity (Wildman–Crippen MR) is 178 cm³/mol. The third-order valence-corrected chi connectivity index (χ3v) is 8.76. The number of rotatable bonds is 4. The molecule has 1 aliphatic rings. The molecule has 1 aliphatic carbocycles. The van der Waals surface area contributed by atoms with E-state index in [-0.39, 0.29) is 26.8 Å². The van der Waals surface area contributed by atoms with E-state index >= 15 is 0 Å². The number of imidazole rings is 1. The molecular formula is C40H26N3O2Pt-. The number of benzene rings is 5. The maximum absolute atomic E-state index is 10.8. The molecule has 3 heterocycles. The Morgan fingerprint density at radius 3 is 2.30 bits per heavy atom. The summed E-state index contributed by atoms with van der Waals surface area (Å²) < 4.78 is 8.32. The predicted octanol–water partition coefficient (Wildman–Crippen LogP) is 9.44. The van der Waals surface area contributed by atoms with Gasteiger partial charge in [-0.05, 0) is 71.5 Å². The standard InChI is InChI=1S/C40H26N3O2.Pt/c44-35-13-7-10-26-14-15-27-16-19-33(41-39(27)38(26)35)34-24-43(30-11-5-2-6-12-30)40(42-34)29-18-21-37-32(23-29)31-22-28(17-20-36(31)45-37)25-8-3-1-4-9-25;/h1-13,16-17,19-24,44H,14-15H2;/q-1;. The minimum absolute atomic E-state index is 0. The number of furan rings is 1. The van der Waals surface area contributed by atoms with Gasteiger partial charge in [0.05, 0.1) is 28.5 Å². The van der Waals surface area contributed by atoms with Crippen molar-refractivity contribution in [2.45, 2.75) is 12.8 Å². The Balaban J connectivity index is 0.00000312. The molecule has 0 amide bonds. The fraction of sp³-hybridized carbons (Fsp3) is 0.0500. The van der Waals surface area contributed by atoms with E-state index in [2.05, 4.69) is 77.4 Å². The van der Waals surface area contributed by atoms with Gasteiger partial charge >= 0.3 is 0 Å². The van der Waals surface area contributed by atoms with Gasteiger partial charge in [-0.25, -0.2) is 4.98 Å². The van der Waals surface area contributed by atoms with Crippen LogP contribution in [0.1, 0.15) is 11.1 Å². The summed E-state index contributed by atoms with van der Waals surface area (Å²) in [5.74, 6) is 1.02. The molecule has 0 atom stereocenters. The van der Waals surface area contributed by atoms with E-state index in [0.29, 0.717) is 0 Å². The van der Waals surface area contributed by atoms with Crippen LogP contribution in [0.25, 0.3) is 72.8 Å². The van der Waals surface area contributed by atoms with Crippen molar-refractivity contribution >= 4 is 21.9 Å². The summed E-state index contributed by atoms with van der Waals surface area (Å²) in [5, 5.41) is 12.8. The van der Waals surface area contributed by atoms with Crippen LogP contribution in [0, 0.1) is 6.07 Å². The van der Waals surface area contributed by atoms with Gasteiger partial charge in [0, 0.05) is 43.9 Å². The second kappa shape index (κ2) is 11.3. The molecule has 224 valence electrons. The van der Waals surface area contributed by atoms with Crippen LogP contribution in [0.15, 0.2) is 132 Å². The van der Waals surface area contributed by atoms with Gasteiger partial charge in [-0.2, -0.15) is 0 Å². The first-order chi connectivity index (χ1) is 22.2. The van der Waals surface area contributed by atoms with Crippen molar-refractivity contribution in [3.8, 4) is 56.6 Å². The number of fused-ring (bicyclic) bond motifs is 6. The normalized spacial score (nSPS) is 12.1. The molecule has 3 aromatic heterocycles. The molecule has 1 N–H and O–H groups in total. The third-order valence-electron chi connectivity index (χ3n) is 8.76. The molecule has 0 fully saturated rings. The number of hydrogen-bond acceptors (Lipinski definition) is 4. The Morgan fingerprint density at radius 1 is 0.674 bits per heavy atom. The second-order valence-electron chi connectivity index (χ2n) is 11.5. The fourth-order valence-electron chi connectivity index (χ4n) is 6.53. The Kier molecular flexibility index (Phi) is 6.92. The van der Waals surface area contributed by atoms with Crippen molar-refractivity contribution in [2.24, 2.45) is 0 Å². The SMILES string of the molecule is Oc1cccc2c1-c1nc(-c3cn(-c4ccccc4)c(-c4[c-]cc5oc6ccc(-c7ccccc7)cc6c5c4)n3)ccc1CC2.[Pt]. The van der Waals surface area contributed by atoms with E-state index < -0.39 is 0 Å². The van der Waals surface area contributed by atoms with E-state index in [0.717, 1.165) is 96.8 Å². The zero-order valence-electron chi connectivity index (χ0n) is 24.6. The molecule has 5 aromatic carbocycles. The molecule has 0 spiro atoms. The van der Waals surface area contributed by atoms with Gasteiger partial charge in [0.15, 0.2) is 0 Å². The monoisotopic (exact) mass is 775 g/mol. The van der Waals surface area contributed by atoms with E-state index in [1.54, 1.807) is 6.07 Å². The molecule has 0 radical (unpaired) electrons. The number of phenolic OH excluding ortho intramolecular Hbond substituents is 1. The number of phenols is 1. The van der Waals surface area contributed by atoms with Gasteiger partial charge in [-0.15, -0.1) is 23.8 Å². The van der Waals surface area contributed by atoms with Gasteiger partial charge in [0.1, 0.15) is 11.3 Å². The summed E-state index contributed by atoms with van der Waals surface area (Å²) in [6.45, 7) is 0. The van der Waals surface area contributed by atoms with Crippen molar-refractivity contribution in [2.75, 3.05) is 0 Å². The van der Waals surface area contributed by atoms with Crippen molar-refractivity contribution in [1.29, 1.82) is 0 Å². The van der Waals surface area contributed by atoms with Crippen molar-refractivity contribution in [3.63, 3.8) is 0 Å². The van der Waals surface area contributed by atoms with E-state index in [9.17, 15) is 5.11 Å². The molecule has 6 heteroatoms. The molecular weight excluding hydrogens is 750 g/mol. The number of nitrogens with zero attached hydrogens (tertiary/aromatic N) is 3. The summed E-state index contributed by atoms with van der Waals surface area (Å²) in [6.07, 6.45) is 3.81. The first-order valence-corrected chi connectivity index (χ1v) is 15.1. The summed E-state index contributed by atoms with van der Waals surface area (Å²) in [5.41, 5.74) is 11.2. The van der Waals surface area contributed by atoms with Crippen LogP contribution in [-0.4, -0.2) is 19.6 Å². The quantitative estimate of drug-likeness (QED) is 0.181. The van der Waals surface area contributed by atoms with E-state index in [1.807, 2.05) is 54.7 Å². The number of aromatic nitrogens is 3. The Morgan fingerprint density at radius 2 is 1.46 bits per heavy atom. The Hall–Kier alpha value is -5.25. The smallest absolute Gasteiger partial charge is 0.125 e. The number of para-hydroxylation sites is 1. The van der Waals surface area contributed by atoms with Crippen molar-refractivity contribution < 1.29 is 30.6 Å². The van der Waals surface area contributed by atoms with Gasteiger partial charge < -0.3 is 14.1 Å². The Labute approximate surface area is 280 Å². The first kappa shape index (κ1) is 28.2. The average molecular weight is 776 g/mol. The summed E-state index contributed by atoms with van der Waals surface area (Å²) in [7, 11) is 0. The number of pyridine rings is 1. The molecule has 46 heavy (non-hydrogen) atoms. The van der Waals surface area contributed by atoms with Crippen LogP contribution in [-0.2, 0) is 33.9 Å². The van der Waals surface area contributed by atoms with E-state index in [1.165, 1.54) is 0 Å². The molecule has 0 unspecified atom stereocenters. The summed E-state index contributed by atoms with van der Waals surface area (Å²) in [6, 6.07) is 44.3. The zero-order chi connectivity index (χ0) is 29.9. The van der Waals surface area contributed by atoms with Crippen LogP contribution in [0.2, 0.25) is 0 Å². The second-order valence-corrected chi connectivity index (χ2v) is 11.5. The Bertz CT molecular complexity index is 2390. The maximum atomic E-state index is 10.8. The van der Waals surface area contributed by atoms with E-state index in [4.69, 9.17) is 14.4 Å². The van der Waals surface area contributed by atoms with Gasteiger partial charge in [0.25, 0.3) is 0 Å². The van der Waals surface area contributed by atoms with Crippen LogP contribution in [0.4, 0.5) is 0 Å². The molecule has 8 aromatic rings. The van der Waals surface area contributed by atoms with Crippen LogP contribution in [0.3, 0.4) is 0 Å².